The van der Waals surface area contributed by atoms with E-state index in [-0.39, 0.29) is 0 Å². The molecule has 2 heterocycles. The third kappa shape index (κ3) is 4.53. The number of anilines is 1. The smallest absolute Gasteiger partial charge is 0.203 e. The number of aryl methyl sites for hydroxylation is 1. The summed E-state index contributed by atoms with van der Waals surface area (Å²) >= 11 is 1.53. The largest absolute Gasteiger partial charge is 0.508 e. The van der Waals surface area contributed by atoms with Crippen molar-refractivity contribution in [2.24, 2.45) is 5.10 Å². The zero-order valence-electron chi connectivity index (χ0n) is 13.3. The van der Waals surface area contributed by atoms with E-state index in [4.69, 9.17) is 0 Å². The lowest BCUT2D eigenvalue weighted by Gasteiger charge is -2.26. The molecule has 1 aromatic heterocycles. The number of likely N-dealkylation sites (tertiary alicyclic amines) is 1. The van der Waals surface area contributed by atoms with Crippen molar-refractivity contribution in [3.63, 3.8) is 0 Å². The summed E-state index contributed by atoms with van der Waals surface area (Å²) in [5.74, 6) is 0.358. The first-order valence-electron chi connectivity index (χ1n) is 7.96. The van der Waals surface area contributed by atoms with Crippen LogP contribution in [0, 0.1) is 6.92 Å². The van der Waals surface area contributed by atoms with Crippen LogP contribution < -0.4 is 5.43 Å². The second-order valence-corrected chi connectivity index (χ2v) is 6.75. The van der Waals surface area contributed by atoms with Gasteiger partial charge in [-0.2, -0.15) is 5.10 Å². The van der Waals surface area contributed by atoms with Crippen molar-refractivity contribution in [2.75, 3.05) is 18.5 Å². The summed E-state index contributed by atoms with van der Waals surface area (Å²) in [6, 6.07) is 5.61. The quantitative estimate of drug-likeness (QED) is 0.650. The first-order chi connectivity index (χ1) is 11.2. The van der Waals surface area contributed by atoms with Gasteiger partial charge in [-0.05, 0) is 56.6 Å². The molecule has 0 bridgehead atoms. The lowest BCUT2D eigenvalue weighted by atomic mass is 10.1. The van der Waals surface area contributed by atoms with Crippen LogP contribution in [0.25, 0.3) is 0 Å². The lowest BCUT2D eigenvalue weighted by Crippen LogP contribution is -2.29. The summed E-state index contributed by atoms with van der Waals surface area (Å²) in [6.07, 6.45) is 5.57. The standard InChI is InChI=1S/C17H22N4OS/c1-13-12-23-17(19-13)20-18-10-14-5-6-16(22)15(9-14)11-21-7-3-2-4-8-21/h5-6,9-10,12,22H,2-4,7-8,11H2,1H3,(H,19,20). The van der Waals surface area contributed by atoms with E-state index in [0.717, 1.165) is 41.6 Å². The van der Waals surface area contributed by atoms with Gasteiger partial charge in [-0.1, -0.05) is 6.42 Å². The fraction of sp³-hybridized carbons (Fsp3) is 0.412. The maximum absolute atomic E-state index is 10.1. The summed E-state index contributed by atoms with van der Waals surface area (Å²) in [5.41, 5.74) is 5.85. The number of phenols is 1. The Balaban J connectivity index is 1.64. The van der Waals surface area contributed by atoms with E-state index in [1.165, 1.54) is 30.6 Å². The number of phenolic OH excluding ortho intramolecular Hbond substituents is 1. The van der Waals surface area contributed by atoms with E-state index in [0.29, 0.717) is 5.75 Å². The fourth-order valence-electron chi connectivity index (χ4n) is 2.74. The van der Waals surface area contributed by atoms with Crippen molar-refractivity contribution in [3.05, 3.63) is 40.4 Å². The van der Waals surface area contributed by atoms with Crippen LogP contribution in [0.2, 0.25) is 0 Å². The van der Waals surface area contributed by atoms with Gasteiger partial charge in [-0.15, -0.1) is 11.3 Å². The number of piperidine rings is 1. The highest BCUT2D eigenvalue weighted by Gasteiger charge is 2.12. The highest BCUT2D eigenvalue weighted by Crippen LogP contribution is 2.22. The molecule has 1 aliphatic rings. The average Bonchev–Trinajstić information content (AvgIpc) is 2.97. The van der Waals surface area contributed by atoms with Gasteiger partial charge in [-0.25, -0.2) is 4.98 Å². The van der Waals surface area contributed by atoms with Gasteiger partial charge in [0.05, 0.1) is 11.9 Å². The number of aromatic nitrogens is 1. The highest BCUT2D eigenvalue weighted by atomic mass is 32.1. The zero-order chi connectivity index (χ0) is 16.1. The Labute approximate surface area is 140 Å². The number of hydrogen-bond donors (Lipinski definition) is 2. The minimum atomic E-state index is 0.358. The molecule has 1 fully saturated rings. The Morgan fingerprint density at radius 1 is 1.35 bits per heavy atom. The van der Waals surface area contributed by atoms with Crippen molar-refractivity contribution in [1.29, 1.82) is 0 Å². The zero-order valence-corrected chi connectivity index (χ0v) is 14.1. The summed E-state index contributed by atoms with van der Waals surface area (Å²) in [4.78, 5) is 6.70. The van der Waals surface area contributed by atoms with Crippen LogP contribution in [0.15, 0.2) is 28.7 Å². The van der Waals surface area contributed by atoms with Crippen LogP contribution in [0.3, 0.4) is 0 Å². The third-order valence-electron chi connectivity index (χ3n) is 3.94. The van der Waals surface area contributed by atoms with Crippen LogP contribution in [0.1, 0.15) is 36.1 Å². The maximum Gasteiger partial charge on any atom is 0.203 e. The lowest BCUT2D eigenvalue weighted by molar-refractivity contribution is 0.218. The van der Waals surface area contributed by atoms with E-state index >= 15 is 0 Å². The molecule has 1 saturated heterocycles. The number of benzene rings is 1. The molecule has 0 aliphatic carbocycles. The number of hydrogen-bond acceptors (Lipinski definition) is 6. The van der Waals surface area contributed by atoms with Gasteiger partial charge < -0.3 is 5.11 Å². The summed E-state index contributed by atoms with van der Waals surface area (Å²) in [7, 11) is 0. The van der Waals surface area contributed by atoms with Gasteiger partial charge in [0.15, 0.2) is 0 Å². The molecule has 3 rings (SSSR count). The third-order valence-corrected chi connectivity index (χ3v) is 4.80. The van der Waals surface area contributed by atoms with Crippen molar-refractivity contribution in [1.82, 2.24) is 9.88 Å². The topological polar surface area (TPSA) is 60.8 Å². The van der Waals surface area contributed by atoms with Crippen molar-refractivity contribution in [2.45, 2.75) is 32.7 Å². The average molecular weight is 330 g/mol. The Bertz CT molecular complexity index is 677. The van der Waals surface area contributed by atoms with Gasteiger partial charge in [0.1, 0.15) is 5.75 Å². The number of thiazole rings is 1. The van der Waals surface area contributed by atoms with Gasteiger partial charge in [0.2, 0.25) is 5.13 Å². The second kappa shape index (κ2) is 7.57. The summed E-state index contributed by atoms with van der Waals surface area (Å²) in [5, 5.41) is 17.1. The Hall–Kier alpha value is -1.92. The Morgan fingerprint density at radius 3 is 2.91 bits per heavy atom. The van der Waals surface area contributed by atoms with E-state index in [1.54, 1.807) is 12.3 Å². The van der Waals surface area contributed by atoms with Crippen molar-refractivity contribution in [3.8, 4) is 5.75 Å². The van der Waals surface area contributed by atoms with E-state index < -0.39 is 0 Å². The first kappa shape index (κ1) is 16.0. The minimum absolute atomic E-state index is 0.358. The van der Waals surface area contributed by atoms with Crippen LogP contribution in [-0.2, 0) is 6.54 Å². The molecule has 0 saturated carbocycles. The summed E-state index contributed by atoms with van der Waals surface area (Å²) < 4.78 is 0. The number of hydrazone groups is 1. The second-order valence-electron chi connectivity index (χ2n) is 5.89. The van der Waals surface area contributed by atoms with E-state index in [2.05, 4.69) is 20.4 Å². The molecule has 0 amide bonds. The van der Waals surface area contributed by atoms with E-state index in [9.17, 15) is 5.11 Å². The van der Waals surface area contributed by atoms with Crippen LogP contribution in [0.5, 0.6) is 5.75 Å². The molecule has 23 heavy (non-hydrogen) atoms. The van der Waals surface area contributed by atoms with Crippen LogP contribution >= 0.6 is 11.3 Å². The Morgan fingerprint density at radius 2 is 2.17 bits per heavy atom. The molecule has 0 spiro atoms. The van der Waals surface area contributed by atoms with Crippen LogP contribution in [0.4, 0.5) is 5.13 Å². The Kier molecular flexibility index (Phi) is 5.25. The highest BCUT2D eigenvalue weighted by molar-refractivity contribution is 7.13. The monoisotopic (exact) mass is 330 g/mol. The number of nitrogens with one attached hydrogen (secondary N) is 1. The predicted molar refractivity (Wildman–Crippen MR) is 95.3 cm³/mol. The molecule has 0 radical (unpaired) electrons. The molecule has 2 aromatic rings. The molecule has 1 aliphatic heterocycles. The molecular formula is C17H22N4OS. The molecule has 1 aromatic carbocycles. The first-order valence-corrected chi connectivity index (χ1v) is 8.84. The molecule has 6 heteroatoms. The predicted octanol–water partition coefficient (Wildman–Crippen LogP) is 3.59. The van der Waals surface area contributed by atoms with Crippen LogP contribution in [-0.4, -0.2) is 34.3 Å². The molecule has 5 nitrogen and oxygen atoms in total. The van der Waals surface area contributed by atoms with Crippen molar-refractivity contribution >= 4 is 22.7 Å². The van der Waals surface area contributed by atoms with Gasteiger partial charge in [0, 0.05) is 17.5 Å². The van der Waals surface area contributed by atoms with Crippen molar-refractivity contribution < 1.29 is 5.11 Å². The summed E-state index contributed by atoms with van der Waals surface area (Å²) in [6.45, 7) is 4.98. The van der Waals surface area contributed by atoms with Gasteiger partial charge >= 0.3 is 0 Å². The normalized spacial score (nSPS) is 16.0. The number of rotatable bonds is 5. The number of aromatic hydroxyl groups is 1. The van der Waals surface area contributed by atoms with Gasteiger partial charge in [-0.3, -0.25) is 10.3 Å². The minimum Gasteiger partial charge on any atom is -0.508 e. The molecule has 122 valence electrons. The number of nitrogens with zero attached hydrogens (tertiary/aromatic N) is 3. The molecule has 2 N–H and O–H groups in total. The van der Waals surface area contributed by atoms with Gasteiger partial charge in [0.25, 0.3) is 0 Å². The molecule has 0 unspecified atom stereocenters. The molecule has 0 atom stereocenters. The molecular weight excluding hydrogens is 308 g/mol. The SMILES string of the molecule is Cc1csc(NN=Cc2ccc(O)c(CN3CCCCC3)c2)n1. The fourth-order valence-corrected chi connectivity index (χ4v) is 3.38. The maximum atomic E-state index is 10.1. The van der Waals surface area contributed by atoms with E-state index in [1.807, 2.05) is 24.4 Å².